The van der Waals surface area contributed by atoms with Crippen LogP contribution in [0.15, 0.2) is 53.6 Å². The lowest BCUT2D eigenvalue weighted by atomic mass is 10.2. The highest BCUT2D eigenvalue weighted by Gasteiger charge is 2.20. The van der Waals surface area contributed by atoms with E-state index in [1.54, 1.807) is 55.6 Å². The maximum absolute atomic E-state index is 12.1. The molecule has 2 aromatic rings. The van der Waals surface area contributed by atoms with Gasteiger partial charge in [-0.15, -0.1) is 0 Å². The second-order valence-electron chi connectivity index (χ2n) is 5.67. The summed E-state index contributed by atoms with van der Waals surface area (Å²) in [6.07, 6.45) is 2.51. The summed E-state index contributed by atoms with van der Waals surface area (Å²) in [6, 6.07) is 14.0. The van der Waals surface area contributed by atoms with Crippen molar-refractivity contribution in [2.75, 3.05) is 24.2 Å². The van der Waals surface area contributed by atoms with Gasteiger partial charge in [0.1, 0.15) is 12.3 Å². The van der Waals surface area contributed by atoms with E-state index in [0.29, 0.717) is 11.4 Å². The highest BCUT2D eigenvalue weighted by Crippen LogP contribution is 2.17. The Morgan fingerprint density at radius 1 is 1.23 bits per heavy atom. The molecule has 1 N–H and O–H groups in total. The van der Waals surface area contributed by atoms with Gasteiger partial charge >= 0.3 is 0 Å². The van der Waals surface area contributed by atoms with Crippen molar-refractivity contribution < 1.29 is 17.9 Å². The van der Waals surface area contributed by atoms with Gasteiger partial charge in [-0.25, -0.2) is 13.8 Å². The molecule has 2 rings (SSSR count). The summed E-state index contributed by atoms with van der Waals surface area (Å²) < 4.78 is 30.2. The third kappa shape index (κ3) is 5.59. The van der Waals surface area contributed by atoms with Crippen molar-refractivity contribution in [3.05, 3.63) is 59.7 Å². The number of carbonyl (C=O) groups excluding carboxylic acids is 1. The van der Waals surface area contributed by atoms with Gasteiger partial charge in [0.2, 0.25) is 10.0 Å². The molecule has 0 radical (unpaired) electrons. The van der Waals surface area contributed by atoms with Crippen molar-refractivity contribution in [3.63, 3.8) is 0 Å². The number of hydrazone groups is 1. The zero-order chi connectivity index (χ0) is 19.2. The van der Waals surface area contributed by atoms with Crippen molar-refractivity contribution >= 4 is 27.8 Å². The summed E-state index contributed by atoms with van der Waals surface area (Å²) in [6.45, 7) is 1.53. The molecule has 0 aliphatic rings. The number of rotatable bonds is 7. The first kappa shape index (κ1) is 19.5. The number of nitrogens with one attached hydrogen (secondary N) is 1. The average molecular weight is 375 g/mol. The standard InChI is InChI=1S/C18H21N3O4S/c1-14-7-9-16(10-8-14)21(26(3,23)24)13-18(22)20-19-12-15-5-4-6-17(11-15)25-2/h4-12H,13H2,1-3H3,(H,20,22)/b19-12-. The van der Waals surface area contributed by atoms with Gasteiger partial charge in [-0.3, -0.25) is 9.10 Å². The highest BCUT2D eigenvalue weighted by molar-refractivity contribution is 7.92. The molecule has 0 saturated carbocycles. The van der Waals surface area contributed by atoms with E-state index in [-0.39, 0.29) is 6.54 Å². The summed E-state index contributed by atoms with van der Waals surface area (Å²) in [5.74, 6) is 0.123. The molecule has 138 valence electrons. The zero-order valence-electron chi connectivity index (χ0n) is 14.8. The number of hydrogen-bond acceptors (Lipinski definition) is 5. The molecule has 8 heteroatoms. The van der Waals surface area contributed by atoms with Gasteiger partial charge in [0.05, 0.1) is 25.3 Å². The van der Waals surface area contributed by atoms with Gasteiger partial charge in [-0.05, 0) is 36.8 Å². The topological polar surface area (TPSA) is 88.1 Å². The normalized spacial score (nSPS) is 11.3. The summed E-state index contributed by atoms with van der Waals surface area (Å²) >= 11 is 0. The van der Waals surface area contributed by atoms with Crippen LogP contribution in [-0.4, -0.2) is 40.4 Å². The summed E-state index contributed by atoms with van der Waals surface area (Å²) in [7, 11) is -2.05. The monoisotopic (exact) mass is 375 g/mol. The van der Waals surface area contributed by atoms with Crippen LogP contribution in [0.2, 0.25) is 0 Å². The van der Waals surface area contributed by atoms with E-state index in [4.69, 9.17) is 4.74 Å². The number of methoxy groups -OCH3 is 1. The Labute approximate surface area is 153 Å². The lowest BCUT2D eigenvalue weighted by Gasteiger charge is -2.21. The lowest BCUT2D eigenvalue weighted by Crippen LogP contribution is -2.39. The van der Waals surface area contributed by atoms with Gasteiger partial charge in [0.25, 0.3) is 5.91 Å². The predicted molar refractivity (Wildman–Crippen MR) is 102 cm³/mol. The summed E-state index contributed by atoms with van der Waals surface area (Å²) in [5, 5.41) is 3.86. The number of aryl methyl sites for hydroxylation is 1. The van der Waals surface area contributed by atoms with Crippen LogP contribution >= 0.6 is 0 Å². The first-order chi connectivity index (χ1) is 12.3. The minimum Gasteiger partial charge on any atom is -0.497 e. The van der Waals surface area contributed by atoms with E-state index in [2.05, 4.69) is 10.5 Å². The minimum atomic E-state index is -3.61. The maximum Gasteiger partial charge on any atom is 0.260 e. The molecule has 0 fully saturated rings. The van der Waals surface area contributed by atoms with Gasteiger partial charge in [-0.2, -0.15) is 5.10 Å². The van der Waals surface area contributed by atoms with E-state index in [1.165, 1.54) is 6.21 Å². The Morgan fingerprint density at radius 3 is 2.54 bits per heavy atom. The molecule has 0 atom stereocenters. The molecule has 0 aliphatic heterocycles. The predicted octanol–water partition coefficient (Wildman–Crippen LogP) is 1.92. The van der Waals surface area contributed by atoms with Gasteiger partial charge in [-0.1, -0.05) is 29.8 Å². The van der Waals surface area contributed by atoms with Gasteiger partial charge < -0.3 is 4.74 Å². The van der Waals surface area contributed by atoms with Crippen molar-refractivity contribution in [1.82, 2.24) is 5.43 Å². The molecule has 0 heterocycles. The third-order valence-electron chi connectivity index (χ3n) is 3.51. The minimum absolute atomic E-state index is 0.364. The number of nitrogens with zero attached hydrogens (tertiary/aromatic N) is 2. The van der Waals surface area contributed by atoms with Crippen LogP contribution in [0.3, 0.4) is 0 Å². The molecule has 7 nitrogen and oxygen atoms in total. The lowest BCUT2D eigenvalue weighted by molar-refractivity contribution is -0.119. The molecule has 1 amide bonds. The Balaban J connectivity index is 2.05. The third-order valence-corrected chi connectivity index (χ3v) is 4.65. The molecule has 0 aromatic heterocycles. The van der Waals surface area contributed by atoms with E-state index in [1.807, 2.05) is 6.92 Å². The first-order valence-corrected chi connectivity index (χ1v) is 9.65. The SMILES string of the molecule is COc1cccc(/C=N\NC(=O)CN(c2ccc(C)cc2)S(C)(=O)=O)c1. The number of carbonyl (C=O) groups is 1. The summed E-state index contributed by atoms with van der Waals surface area (Å²) in [4.78, 5) is 12.1. The molecule has 2 aromatic carbocycles. The Hall–Kier alpha value is -2.87. The second-order valence-corrected chi connectivity index (χ2v) is 7.58. The highest BCUT2D eigenvalue weighted by atomic mass is 32.2. The molecular weight excluding hydrogens is 354 g/mol. The molecular formula is C18H21N3O4S. The van der Waals surface area contributed by atoms with Crippen LogP contribution in [-0.2, 0) is 14.8 Å². The van der Waals surface area contributed by atoms with Crippen LogP contribution in [0.5, 0.6) is 5.75 Å². The molecule has 0 unspecified atom stereocenters. The molecule has 26 heavy (non-hydrogen) atoms. The fourth-order valence-electron chi connectivity index (χ4n) is 2.18. The van der Waals surface area contributed by atoms with Crippen molar-refractivity contribution in [2.45, 2.75) is 6.92 Å². The largest absolute Gasteiger partial charge is 0.497 e. The molecule has 0 bridgehead atoms. The van der Waals surface area contributed by atoms with Crippen LogP contribution in [0, 0.1) is 6.92 Å². The van der Waals surface area contributed by atoms with Crippen LogP contribution < -0.4 is 14.5 Å². The molecule has 0 saturated heterocycles. The van der Waals surface area contributed by atoms with Gasteiger partial charge in [0.15, 0.2) is 0 Å². The maximum atomic E-state index is 12.1. The fourth-order valence-corrected chi connectivity index (χ4v) is 3.03. The smallest absolute Gasteiger partial charge is 0.260 e. The van der Waals surface area contributed by atoms with E-state index < -0.39 is 15.9 Å². The van der Waals surface area contributed by atoms with Crippen molar-refractivity contribution in [3.8, 4) is 5.75 Å². The van der Waals surface area contributed by atoms with Crippen molar-refractivity contribution in [2.24, 2.45) is 5.10 Å². The van der Waals surface area contributed by atoms with E-state index in [0.717, 1.165) is 21.7 Å². The zero-order valence-corrected chi connectivity index (χ0v) is 15.7. The molecule has 0 spiro atoms. The number of ether oxygens (including phenoxy) is 1. The Morgan fingerprint density at radius 2 is 1.92 bits per heavy atom. The average Bonchev–Trinajstić information content (AvgIpc) is 2.60. The Bertz CT molecular complexity index is 893. The second kappa shape index (κ2) is 8.48. The Kier molecular flexibility index (Phi) is 6.35. The van der Waals surface area contributed by atoms with Gasteiger partial charge in [0, 0.05) is 0 Å². The fraction of sp³-hybridized carbons (Fsp3) is 0.222. The van der Waals surface area contributed by atoms with Crippen LogP contribution in [0.25, 0.3) is 0 Å². The van der Waals surface area contributed by atoms with Crippen LogP contribution in [0.4, 0.5) is 5.69 Å². The number of benzene rings is 2. The summed E-state index contributed by atoms with van der Waals surface area (Å²) in [5.41, 5.74) is 4.49. The van der Waals surface area contributed by atoms with E-state index >= 15 is 0 Å². The van der Waals surface area contributed by atoms with Crippen LogP contribution in [0.1, 0.15) is 11.1 Å². The number of sulfonamides is 1. The van der Waals surface area contributed by atoms with E-state index in [9.17, 15) is 13.2 Å². The first-order valence-electron chi connectivity index (χ1n) is 7.80. The number of anilines is 1. The number of amides is 1. The molecule has 0 aliphatic carbocycles. The van der Waals surface area contributed by atoms with Crippen molar-refractivity contribution in [1.29, 1.82) is 0 Å². The number of hydrogen-bond donors (Lipinski definition) is 1. The quantitative estimate of drug-likeness (QED) is 0.592.